The fourth-order valence-electron chi connectivity index (χ4n) is 4.03. The van der Waals surface area contributed by atoms with Gasteiger partial charge in [-0.3, -0.25) is 9.58 Å². The number of hydrogen-bond acceptors (Lipinski definition) is 6. The molecule has 1 fully saturated rings. The fraction of sp³-hybridized carbons (Fsp3) is 0.286. The number of aryl methyl sites for hydroxylation is 1. The zero-order valence-corrected chi connectivity index (χ0v) is 19.0. The number of rotatable bonds is 5. The van der Waals surface area contributed by atoms with E-state index >= 15 is 0 Å². The van der Waals surface area contributed by atoms with Crippen LogP contribution in [0.15, 0.2) is 49.2 Å². The van der Waals surface area contributed by atoms with E-state index in [0.29, 0.717) is 5.02 Å². The SMILES string of the molecule is Cn1cc(-c2cc(-c3ccc(N4CCN(CS(=O)O)CC4)nc3)c3c(Cl)cnn3c2)cn1. The molecule has 0 amide bonds. The number of aromatic nitrogens is 5. The largest absolute Gasteiger partial charge is 0.354 e. The molecule has 1 unspecified atom stereocenters. The molecule has 0 aliphatic carbocycles. The van der Waals surface area contributed by atoms with Gasteiger partial charge in [0.05, 0.1) is 22.9 Å². The second-order valence-corrected chi connectivity index (χ2v) is 9.10. The van der Waals surface area contributed by atoms with Gasteiger partial charge in [-0.05, 0) is 18.2 Å². The van der Waals surface area contributed by atoms with Crippen molar-refractivity contribution in [2.45, 2.75) is 0 Å². The molecule has 5 rings (SSSR count). The Bertz CT molecular complexity index is 1280. The zero-order valence-electron chi connectivity index (χ0n) is 17.4. The van der Waals surface area contributed by atoms with Crippen molar-refractivity contribution in [1.29, 1.82) is 0 Å². The third-order valence-corrected chi connectivity index (χ3v) is 6.52. The maximum absolute atomic E-state index is 11.0. The van der Waals surface area contributed by atoms with Crippen LogP contribution in [-0.4, -0.2) is 70.1 Å². The normalized spacial score (nSPS) is 16.0. The minimum Gasteiger partial charge on any atom is -0.354 e. The van der Waals surface area contributed by atoms with Gasteiger partial charge in [0.2, 0.25) is 0 Å². The number of piperazine rings is 1. The topological polar surface area (TPSA) is 91.8 Å². The summed E-state index contributed by atoms with van der Waals surface area (Å²) in [5.74, 6) is 1.08. The lowest BCUT2D eigenvalue weighted by Crippen LogP contribution is -2.47. The quantitative estimate of drug-likeness (QED) is 0.447. The molecule has 0 bridgehead atoms. The van der Waals surface area contributed by atoms with E-state index in [2.05, 4.69) is 21.2 Å². The summed E-state index contributed by atoms with van der Waals surface area (Å²) in [5.41, 5.74) is 4.71. The van der Waals surface area contributed by atoms with E-state index in [4.69, 9.17) is 21.1 Å². The van der Waals surface area contributed by atoms with Gasteiger partial charge in [-0.15, -0.1) is 0 Å². The molecule has 4 aromatic heterocycles. The van der Waals surface area contributed by atoms with Gasteiger partial charge in [0.25, 0.3) is 0 Å². The molecule has 5 heterocycles. The highest BCUT2D eigenvalue weighted by Gasteiger charge is 2.20. The smallest absolute Gasteiger partial charge is 0.167 e. The van der Waals surface area contributed by atoms with Crippen molar-refractivity contribution < 1.29 is 8.76 Å². The molecule has 1 aliphatic rings. The predicted octanol–water partition coefficient (Wildman–Crippen LogP) is 2.75. The van der Waals surface area contributed by atoms with Gasteiger partial charge in [-0.25, -0.2) is 13.7 Å². The third kappa shape index (κ3) is 4.14. The van der Waals surface area contributed by atoms with Crippen molar-refractivity contribution in [2.75, 3.05) is 37.0 Å². The summed E-state index contributed by atoms with van der Waals surface area (Å²) in [6, 6.07) is 6.14. The lowest BCUT2D eigenvalue weighted by molar-refractivity contribution is 0.292. The predicted molar refractivity (Wildman–Crippen MR) is 125 cm³/mol. The van der Waals surface area contributed by atoms with Crippen molar-refractivity contribution in [2.24, 2.45) is 7.05 Å². The number of nitrogens with zero attached hydrogens (tertiary/aromatic N) is 7. The highest BCUT2D eigenvalue weighted by atomic mass is 35.5. The maximum Gasteiger partial charge on any atom is 0.167 e. The monoisotopic (exact) mass is 471 g/mol. The van der Waals surface area contributed by atoms with Crippen molar-refractivity contribution in [3.8, 4) is 22.3 Å². The molecule has 11 heteroatoms. The first-order chi connectivity index (χ1) is 15.5. The van der Waals surface area contributed by atoms with Gasteiger partial charge in [0.15, 0.2) is 11.1 Å². The lowest BCUT2D eigenvalue weighted by atomic mass is 10.0. The van der Waals surface area contributed by atoms with E-state index in [9.17, 15) is 4.21 Å². The summed E-state index contributed by atoms with van der Waals surface area (Å²) in [6.07, 6.45) is 9.24. The van der Waals surface area contributed by atoms with E-state index in [-0.39, 0.29) is 5.88 Å². The first kappa shape index (κ1) is 21.1. The van der Waals surface area contributed by atoms with E-state index in [0.717, 1.165) is 59.8 Å². The average molecular weight is 472 g/mol. The number of hydrogen-bond donors (Lipinski definition) is 1. The number of anilines is 1. The lowest BCUT2D eigenvalue weighted by Gasteiger charge is -2.34. The second-order valence-electron chi connectivity index (χ2n) is 7.79. The van der Waals surface area contributed by atoms with Crippen molar-refractivity contribution in [3.05, 3.63) is 54.2 Å². The van der Waals surface area contributed by atoms with Gasteiger partial charge in [-0.1, -0.05) is 11.6 Å². The Hall–Kier alpha value is -2.79. The van der Waals surface area contributed by atoms with Gasteiger partial charge >= 0.3 is 0 Å². The third-order valence-electron chi connectivity index (χ3n) is 5.65. The molecule has 0 spiro atoms. The average Bonchev–Trinajstić information content (AvgIpc) is 3.39. The van der Waals surface area contributed by atoms with Gasteiger partial charge in [-0.2, -0.15) is 10.2 Å². The van der Waals surface area contributed by atoms with Crippen LogP contribution < -0.4 is 4.90 Å². The van der Waals surface area contributed by atoms with Crippen LogP contribution in [0.5, 0.6) is 0 Å². The van der Waals surface area contributed by atoms with Gasteiger partial charge in [0.1, 0.15) is 11.7 Å². The van der Waals surface area contributed by atoms with Crippen molar-refractivity contribution in [1.82, 2.24) is 29.3 Å². The Morgan fingerprint density at radius 1 is 1.03 bits per heavy atom. The molecular weight excluding hydrogens is 450 g/mol. The molecule has 0 saturated carbocycles. The Balaban J connectivity index is 1.44. The first-order valence-electron chi connectivity index (χ1n) is 10.1. The Morgan fingerprint density at radius 2 is 1.84 bits per heavy atom. The summed E-state index contributed by atoms with van der Waals surface area (Å²) in [7, 11) is 1.89. The molecule has 4 aromatic rings. The second kappa shape index (κ2) is 8.62. The maximum atomic E-state index is 11.0. The molecule has 9 nitrogen and oxygen atoms in total. The molecule has 1 N–H and O–H groups in total. The Labute approximate surface area is 192 Å². The molecular formula is C21H22ClN7O2S. The first-order valence-corrected chi connectivity index (χ1v) is 11.8. The minimum absolute atomic E-state index is 0.190. The Kier molecular flexibility index (Phi) is 5.68. The van der Waals surface area contributed by atoms with Crippen molar-refractivity contribution in [3.63, 3.8) is 0 Å². The number of halogens is 1. The van der Waals surface area contributed by atoms with E-state index in [1.807, 2.05) is 48.9 Å². The number of fused-ring (bicyclic) bond motifs is 1. The van der Waals surface area contributed by atoms with Gasteiger partial charge in [0, 0.05) is 74.1 Å². The molecule has 1 atom stereocenters. The summed E-state index contributed by atoms with van der Waals surface area (Å²) in [5, 5.41) is 9.26. The van der Waals surface area contributed by atoms with Crippen LogP contribution in [0.1, 0.15) is 0 Å². The van der Waals surface area contributed by atoms with Gasteiger partial charge < -0.3 is 9.45 Å². The molecule has 32 heavy (non-hydrogen) atoms. The van der Waals surface area contributed by atoms with E-state index in [1.165, 1.54) is 0 Å². The standard InChI is InChI=1S/C21H22ClN7O2S/c1-26-12-17(10-24-26)16-8-18(21-19(22)11-25-29(21)13-16)15-2-3-20(23-9-15)28-6-4-27(5-7-28)14-32(30)31/h2-3,8-13H,4-7,14H2,1H3,(H,30,31). The van der Waals surface area contributed by atoms with Crippen LogP contribution in [0.25, 0.3) is 27.8 Å². The summed E-state index contributed by atoms with van der Waals surface area (Å²) in [4.78, 5) is 8.88. The summed E-state index contributed by atoms with van der Waals surface area (Å²) < 4.78 is 23.7. The zero-order chi connectivity index (χ0) is 22.2. The van der Waals surface area contributed by atoms with Crippen molar-refractivity contribution >= 4 is 34.0 Å². The van der Waals surface area contributed by atoms with Crippen LogP contribution in [0.4, 0.5) is 5.82 Å². The van der Waals surface area contributed by atoms with Crippen LogP contribution in [-0.2, 0) is 18.1 Å². The highest BCUT2D eigenvalue weighted by molar-refractivity contribution is 7.79. The molecule has 0 radical (unpaired) electrons. The van der Waals surface area contributed by atoms with Crippen LogP contribution in [0.2, 0.25) is 5.02 Å². The minimum atomic E-state index is -1.80. The van der Waals surface area contributed by atoms with Crippen LogP contribution in [0, 0.1) is 0 Å². The summed E-state index contributed by atoms with van der Waals surface area (Å²) >= 11 is 4.66. The Morgan fingerprint density at radius 3 is 2.50 bits per heavy atom. The molecule has 1 saturated heterocycles. The van der Waals surface area contributed by atoms with E-state index in [1.54, 1.807) is 15.4 Å². The van der Waals surface area contributed by atoms with Crippen LogP contribution >= 0.6 is 11.6 Å². The molecule has 1 aliphatic heterocycles. The highest BCUT2D eigenvalue weighted by Crippen LogP contribution is 2.34. The van der Waals surface area contributed by atoms with E-state index < -0.39 is 11.1 Å². The summed E-state index contributed by atoms with van der Waals surface area (Å²) in [6.45, 7) is 2.99. The molecule has 0 aromatic carbocycles. The van der Waals surface area contributed by atoms with Crippen LogP contribution in [0.3, 0.4) is 0 Å². The fourth-order valence-corrected chi connectivity index (χ4v) is 4.83. The number of pyridine rings is 2. The molecule has 166 valence electrons.